The topological polar surface area (TPSA) is 49.3 Å². The Morgan fingerprint density at radius 1 is 1.31 bits per heavy atom. The monoisotopic (exact) mass is 239 g/mol. The van der Waals surface area contributed by atoms with Gasteiger partial charge in [-0.1, -0.05) is 19.3 Å². The van der Waals surface area contributed by atoms with Crippen LogP contribution in [0.1, 0.15) is 32.1 Å². The highest BCUT2D eigenvalue weighted by atomic mass is 19.4. The first-order chi connectivity index (χ1) is 7.41. The molecule has 2 N–H and O–H groups in total. The molecule has 0 aliphatic heterocycles. The summed E-state index contributed by atoms with van der Waals surface area (Å²) in [6.07, 6.45) is 0.116. The Kier molecular flexibility index (Phi) is 4.58. The molecule has 1 saturated carbocycles. The van der Waals surface area contributed by atoms with Gasteiger partial charge in [-0.2, -0.15) is 13.2 Å². The first kappa shape index (κ1) is 13.3. The van der Waals surface area contributed by atoms with E-state index in [9.17, 15) is 18.0 Å². The number of carboxylic acids is 1. The highest BCUT2D eigenvalue weighted by Gasteiger charge is 2.44. The lowest BCUT2D eigenvalue weighted by Gasteiger charge is -2.25. The molecule has 1 aliphatic carbocycles. The number of hydrogen-bond donors (Lipinski definition) is 2. The fourth-order valence-corrected chi connectivity index (χ4v) is 1.93. The lowest BCUT2D eigenvalue weighted by atomic mass is 9.95. The third kappa shape index (κ3) is 4.00. The van der Waals surface area contributed by atoms with Crippen LogP contribution in [0, 0.1) is 5.92 Å². The van der Waals surface area contributed by atoms with E-state index >= 15 is 0 Å². The number of hydrogen-bond acceptors (Lipinski definition) is 2. The largest absolute Gasteiger partial charge is 0.481 e. The van der Waals surface area contributed by atoms with Gasteiger partial charge in [-0.3, -0.25) is 4.79 Å². The summed E-state index contributed by atoms with van der Waals surface area (Å²) >= 11 is 0. The molecule has 0 aromatic carbocycles. The number of halogens is 3. The van der Waals surface area contributed by atoms with E-state index < -0.39 is 24.6 Å². The fraction of sp³-hybridized carbons (Fsp3) is 0.900. The van der Waals surface area contributed by atoms with Crippen molar-refractivity contribution in [1.29, 1.82) is 0 Å². The molecule has 0 radical (unpaired) electrons. The van der Waals surface area contributed by atoms with Crippen molar-refractivity contribution in [2.24, 2.45) is 5.92 Å². The van der Waals surface area contributed by atoms with Crippen LogP contribution in [0.25, 0.3) is 0 Å². The molecule has 0 saturated heterocycles. The molecule has 0 aromatic heterocycles. The van der Waals surface area contributed by atoms with E-state index in [2.05, 4.69) is 5.32 Å². The number of nitrogens with one attached hydrogen (secondary N) is 1. The zero-order chi connectivity index (χ0) is 12.2. The Hall–Kier alpha value is -0.780. The molecule has 1 unspecified atom stereocenters. The van der Waals surface area contributed by atoms with Gasteiger partial charge in [-0.05, 0) is 12.8 Å². The SMILES string of the molecule is O=C(O)C(CNC1CCCCC1)C(F)(F)F. The van der Waals surface area contributed by atoms with Crippen LogP contribution in [0.2, 0.25) is 0 Å². The first-order valence-corrected chi connectivity index (χ1v) is 5.44. The Morgan fingerprint density at radius 3 is 2.31 bits per heavy atom. The van der Waals surface area contributed by atoms with E-state index in [4.69, 9.17) is 5.11 Å². The van der Waals surface area contributed by atoms with Gasteiger partial charge in [0.1, 0.15) is 0 Å². The maximum atomic E-state index is 12.3. The standard InChI is InChI=1S/C10H16F3NO2/c11-10(12,13)8(9(15)16)6-14-7-4-2-1-3-5-7/h7-8,14H,1-6H2,(H,15,16). The number of carbonyl (C=O) groups is 1. The van der Waals surface area contributed by atoms with Crippen molar-refractivity contribution in [2.75, 3.05) is 6.54 Å². The van der Waals surface area contributed by atoms with Crippen molar-refractivity contribution in [1.82, 2.24) is 5.32 Å². The molecule has 3 nitrogen and oxygen atoms in total. The summed E-state index contributed by atoms with van der Waals surface area (Å²) in [7, 11) is 0. The van der Waals surface area contributed by atoms with Gasteiger partial charge >= 0.3 is 12.1 Å². The minimum atomic E-state index is -4.67. The Balaban J connectivity index is 2.40. The molecule has 0 heterocycles. The molecule has 6 heteroatoms. The van der Waals surface area contributed by atoms with Gasteiger partial charge in [0.25, 0.3) is 0 Å². The average Bonchev–Trinajstić information content (AvgIpc) is 2.17. The quantitative estimate of drug-likeness (QED) is 0.790. The average molecular weight is 239 g/mol. The van der Waals surface area contributed by atoms with Crippen molar-refractivity contribution in [3.05, 3.63) is 0 Å². The van der Waals surface area contributed by atoms with Crippen LogP contribution in [0.4, 0.5) is 13.2 Å². The van der Waals surface area contributed by atoms with Crippen molar-refractivity contribution in [3.8, 4) is 0 Å². The van der Waals surface area contributed by atoms with Crippen LogP contribution < -0.4 is 5.32 Å². The molecule has 0 amide bonds. The van der Waals surface area contributed by atoms with Crippen molar-refractivity contribution in [2.45, 2.75) is 44.3 Å². The summed E-state index contributed by atoms with van der Waals surface area (Å²) in [5, 5.41) is 11.2. The first-order valence-electron chi connectivity index (χ1n) is 5.44. The maximum Gasteiger partial charge on any atom is 0.403 e. The Morgan fingerprint density at radius 2 is 1.88 bits per heavy atom. The molecule has 1 aliphatic rings. The van der Waals surface area contributed by atoms with E-state index in [0.29, 0.717) is 0 Å². The predicted molar refractivity (Wildman–Crippen MR) is 52.1 cm³/mol. The summed E-state index contributed by atoms with van der Waals surface area (Å²) in [6.45, 7) is -0.524. The Labute approximate surface area is 92.0 Å². The van der Waals surface area contributed by atoms with E-state index in [-0.39, 0.29) is 6.04 Å². The molecule has 1 rings (SSSR count). The molecule has 0 spiro atoms. The molecule has 0 bridgehead atoms. The molecular formula is C10H16F3NO2. The van der Waals surface area contributed by atoms with Crippen LogP contribution >= 0.6 is 0 Å². The third-order valence-corrected chi connectivity index (χ3v) is 2.91. The second-order valence-electron chi connectivity index (χ2n) is 4.18. The van der Waals surface area contributed by atoms with E-state index in [0.717, 1.165) is 32.1 Å². The smallest absolute Gasteiger partial charge is 0.403 e. The van der Waals surface area contributed by atoms with Gasteiger partial charge < -0.3 is 10.4 Å². The van der Waals surface area contributed by atoms with Crippen LogP contribution in [0.5, 0.6) is 0 Å². The highest BCUT2D eigenvalue weighted by Crippen LogP contribution is 2.26. The van der Waals surface area contributed by atoms with E-state index in [1.165, 1.54) is 0 Å². The van der Waals surface area contributed by atoms with Gasteiger partial charge in [0, 0.05) is 12.6 Å². The predicted octanol–water partition coefficient (Wildman–Crippen LogP) is 2.17. The van der Waals surface area contributed by atoms with Crippen LogP contribution in [0.3, 0.4) is 0 Å². The van der Waals surface area contributed by atoms with Gasteiger partial charge in [0.05, 0.1) is 0 Å². The molecule has 1 atom stereocenters. The number of aliphatic carboxylic acids is 1. The minimum absolute atomic E-state index is 0.0398. The third-order valence-electron chi connectivity index (χ3n) is 2.91. The van der Waals surface area contributed by atoms with Gasteiger partial charge in [-0.15, -0.1) is 0 Å². The molecular weight excluding hydrogens is 223 g/mol. The normalized spacial score (nSPS) is 20.7. The number of carboxylic acid groups (broad SMARTS) is 1. The van der Waals surface area contributed by atoms with Gasteiger partial charge in [0.2, 0.25) is 0 Å². The summed E-state index contributed by atoms with van der Waals surface area (Å²) < 4.78 is 36.9. The zero-order valence-corrected chi connectivity index (χ0v) is 8.89. The highest BCUT2D eigenvalue weighted by molar-refractivity contribution is 5.71. The molecule has 94 valence electrons. The second kappa shape index (κ2) is 5.52. The maximum absolute atomic E-state index is 12.3. The van der Waals surface area contributed by atoms with Crippen LogP contribution in [0.15, 0.2) is 0 Å². The van der Waals surface area contributed by atoms with Crippen molar-refractivity contribution < 1.29 is 23.1 Å². The van der Waals surface area contributed by atoms with Gasteiger partial charge in [-0.25, -0.2) is 0 Å². The van der Waals surface area contributed by atoms with Crippen LogP contribution in [-0.2, 0) is 4.79 Å². The fourth-order valence-electron chi connectivity index (χ4n) is 1.93. The number of alkyl halides is 3. The van der Waals surface area contributed by atoms with Gasteiger partial charge in [0.15, 0.2) is 5.92 Å². The van der Waals surface area contributed by atoms with E-state index in [1.54, 1.807) is 0 Å². The summed E-state index contributed by atoms with van der Waals surface area (Å²) in [6, 6.07) is 0.0398. The van der Waals surface area contributed by atoms with Crippen molar-refractivity contribution >= 4 is 5.97 Å². The Bertz CT molecular complexity index is 237. The summed E-state index contributed by atoms with van der Waals surface area (Å²) in [5.41, 5.74) is 0. The summed E-state index contributed by atoms with van der Waals surface area (Å²) in [5.74, 6) is -4.11. The number of rotatable bonds is 4. The minimum Gasteiger partial charge on any atom is -0.481 e. The molecule has 0 aromatic rings. The lowest BCUT2D eigenvalue weighted by Crippen LogP contribution is -2.43. The van der Waals surface area contributed by atoms with E-state index in [1.807, 2.05) is 0 Å². The van der Waals surface area contributed by atoms with Crippen molar-refractivity contribution in [3.63, 3.8) is 0 Å². The molecule has 1 fully saturated rings. The molecule has 16 heavy (non-hydrogen) atoms. The zero-order valence-electron chi connectivity index (χ0n) is 8.89. The lowest BCUT2D eigenvalue weighted by molar-refractivity contribution is -0.192. The second-order valence-corrected chi connectivity index (χ2v) is 4.18. The summed E-state index contributed by atoms with van der Waals surface area (Å²) in [4.78, 5) is 10.5. The van der Waals surface area contributed by atoms with Crippen LogP contribution in [-0.4, -0.2) is 29.8 Å².